The average Bonchev–Trinajstić information content (AvgIpc) is 2.73. The third-order valence-corrected chi connectivity index (χ3v) is 2.98. The van der Waals surface area contributed by atoms with Crippen LogP contribution < -0.4 is 5.73 Å². The van der Waals surface area contributed by atoms with Crippen molar-refractivity contribution in [2.24, 2.45) is 5.73 Å². The molecule has 0 aliphatic carbocycles. The SMILES string of the molecule is CCn1ccnc1[C@H]1[C@H](N)CC(=O)N1C. The Balaban J connectivity index is 2.34. The van der Waals surface area contributed by atoms with Gasteiger partial charge in [-0.05, 0) is 6.92 Å². The largest absolute Gasteiger partial charge is 0.334 e. The number of carbonyl (C=O) groups excluding carboxylic acids is 1. The number of likely N-dealkylation sites (N-methyl/N-ethyl adjacent to an activating group) is 1. The first-order chi connectivity index (χ1) is 7.15. The van der Waals surface area contributed by atoms with Crippen LogP contribution in [0.3, 0.4) is 0 Å². The Hall–Kier alpha value is -1.36. The van der Waals surface area contributed by atoms with Crippen LogP contribution in [0.1, 0.15) is 25.2 Å². The van der Waals surface area contributed by atoms with Crippen molar-refractivity contribution in [3.63, 3.8) is 0 Å². The molecule has 0 aromatic carbocycles. The van der Waals surface area contributed by atoms with Crippen molar-refractivity contribution < 1.29 is 4.79 Å². The lowest BCUT2D eigenvalue weighted by Gasteiger charge is -2.22. The highest BCUT2D eigenvalue weighted by Gasteiger charge is 2.38. The first-order valence-corrected chi connectivity index (χ1v) is 5.17. The minimum atomic E-state index is -0.143. The summed E-state index contributed by atoms with van der Waals surface area (Å²) >= 11 is 0. The van der Waals surface area contributed by atoms with E-state index in [2.05, 4.69) is 4.98 Å². The van der Waals surface area contributed by atoms with Gasteiger partial charge in [-0.3, -0.25) is 4.79 Å². The number of rotatable bonds is 2. The fourth-order valence-corrected chi connectivity index (χ4v) is 2.12. The van der Waals surface area contributed by atoms with Gasteiger partial charge < -0.3 is 15.2 Å². The number of hydrogen-bond acceptors (Lipinski definition) is 3. The molecule has 1 saturated heterocycles. The number of hydrogen-bond donors (Lipinski definition) is 1. The molecule has 2 rings (SSSR count). The predicted molar refractivity (Wildman–Crippen MR) is 56.0 cm³/mol. The van der Waals surface area contributed by atoms with Crippen molar-refractivity contribution in [3.05, 3.63) is 18.2 Å². The van der Waals surface area contributed by atoms with Gasteiger partial charge in [0.1, 0.15) is 11.9 Å². The second-order valence-corrected chi connectivity index (χ2v) is 3.89. The molecule has 0 radical (unpaired) electrons. The van der Waals surface area contributed by atoms with Gasteiger partial charge in [0.2, 0.25) is 5.91 Å². The Kier molecular flexibility index (Phi) is 2.48. The Morgan fingerprint density at radius 1 is 1.67 bits per heavy atom. The topological polar surface area (TPSA) is 64.2 Å². The molecule has 82 valence electrons. The highest BCUT2D eigenvalue weighted by molar-refractivity contribution is 5.79. The molecule has 5 nitrogen and oxygen atoms in total. The fraction of sp³-hybridized carbons (Fsp3) is 0.600. The lowest BCUT2D eigenvalue weighted by molar-refractivity contribution is -0.127. The molecule has 1 aliphatic heterocycles. The second kappa shape index (κ2) is 3.66. The zero-order chi connectivity index (χ0) is 11.0. The van der Waals surface area contributed by atoms with E-state index in [-0.39, 0.29) is 18.0 Å². The molecule has 5 heteroatoms. The molecule has 0 unspecified atom stereocenters. The van der Waals surface area contributed by atoms with E-state index in [1.165, 1.54) is 0 Å². The third-order valence-electron chi connectivity index (χ3n) is 2.98. The van der Waals surface area contributed by atoms with Crippen LogP contribution in [-0.4, -0.2) is 33.4 Å². The molecule has 15 heavy (non-hydrogen) atoms. The number of amides is 1. The molecule has 1 amide bonds. The summed E-state index contributed by atoms with van der Waals surface area (Å²) in [6, 6.07) is -0.220. The van der Waals surface area contributed by atoms with Crippen molar-refractivity contribution in [3.8, 4) is 0 Å². The molecule has 1 aromatic heterocycles. The van der Waals surface area contributed by atoms with Crippen molar-refractivity contribution in [2.75, 3.05) is 7.05 Å². The van der Waals surface area contributed by atoms with Crippen LogP contribution in [-0.2, 0) is 11.3 Å². The minimum Gasteiger partial charge on any atom is -0.334 e. The highest BCUT2D eigenvalue weighted by atomic mass is 16.2. The molecule has 0 saturated carbocycles. The van der Waals surface area contributed by atoms with E-state index in [0.29, 0.717) is 6.42 Å². The Morgan fingerprint density at radius 2 is 2.40 bits per heavy atom. The van der Waals surface area contributed by atoms with E-state index in [0.717, 1.165) is 12.4 Å². The standard InChI is InChI=1S/C10H16N4O/c1-3-14-5-4-12-10(14)9-7(11)6-8(15)13(9)2/h4-5,7,9H,3,6,11H2,1-2H3/t7-,9-/m1/s1. The number of imidazole rings is 1. The summed E-state index contributed by atoms with van der Waals surface area (Å²) < 4.78 is 2.03. The summed E-state index contributed by atoms with van der Waals surface area (Å²) in [6.45, 7) is 2.90. The van der Waals surface area contributed by atoms with Crippen LogP contribution >= 0.6 is 0 Å². The lowest BCUT2D eigenvalue weighted by atomic mass is 10.1. The van der Waals surface area contributed by atoms with Crippen molar-refractivity contribution in [1.29, 1.82) is 0 Å². The van der Waals surface area contributed by atoms with Gasteiger partial charge in [0.05, 0.1) is 0 Å². The number of aryl methyl sites for hydroxylation is 1. The summed E-state index contributed by atoms with van der Waals surface area (Å²) in [7, 11) is 1.79. The summed E-state index contributed by atoms with van der Waals surface area (Å²) in [5.41, 5.74) is 5.96. The molecule has 0 bridgehead atoms. The van der Waals surface area contributed by atoms with Crippen molar-refractivity contribution >= 4 is 5.91 Å². The van der Waals surface area contributed by atoms with Gasteiger partial charge in [-0.25, -0.2) is 4.98 Å². The summed E-state index contributed by atoms with van der Waals surface area (Å²) in [5, 5.41) is 0. The molecule has 1 aliphatic rings. The number of carbonyl (C=O) groups is 1. The Bertz CT molecular complexity index is 373. The van der Waals surface area contributed by atoms with Gasteiger partial charge in [-0.1, -0.05) is 0 Å². The predicted octanol–water partition coefficient (Wildman–Crippen LogP) is 0.133. The van der Waals surface area contributed by atoms with E-state index in [4.69, 9.17) is 5.73 Å². The van der Waals surface area contributed by atoms with Gasteiger partial charge >= 0.3 is 0 Å². The molecule has 2 heterocycles. The van der Waals surface area contributed by atoms with Crippen LogP contribution in [0.4, 0.5) is 0 Å². The first-order valence-electron chi connectivity index (χ1n) is 5.17. The summed E-state index contributed by atoms with van der Waals surface area (Å²) in [5.74, 6) is 0.983. The number of likely N-dealkylation sites (tertiary alicyclic amines) is 1. The van der Waals surface area contributed by atoms with E-state index < -0.39 is 0 Å². The quantitative estimate of drug-likeness (QED) is 0.751. The van der Waals surface area contributed by atoms with Gasteiger partial charge in [-0.2, -0.15) is 0 Å². The minimum absolute atomic E-state index is 0.0764. The summed E-state index contributed by atoms with van der Waals surface area (Å²) in [4.78, 5) is 17.5. The maximum absolute atomic E-state index is 11.5. The van der Waals surface area contributed by atoms with Crippen LogP contribution in [0.25, 0.3) is 0 Å². The molecule has 2 atom stereocenters. The smallest absolute Gasteiger partial charge is 0.224 e. The van der Waals surface area contributed by atoms with Crippen LogP contribution in [0.15, 0.2) is 12.4 Å². The van der Waals surface area contributed by atoms with Crippen molar-refractivity contribution in [1.82, 2.24) is 14.5 Å². The van der Waals surface area contributed by atoms with E-state index in [9.17, 15) is 4.79 Å². The molecule has 0 spiro atoms. The monoisotopic (exact) mass is 208 g/mol. The second-order valence-electron chi connectivity index (χ2n) is 3.89. The van der Waals surface area contributed by atoms with Crippen molar-refractivity contribution in [2.45, 2.75) is 32.0 Å². The molecular weight excluding hydrogens is 192 g/mol. The molecule has 1 fully saturated rings. The van der Waals surface area contributed by atoms with Crippen LogP contribution in [0, 0.1) is 0 Å². The average molecular weight is 208 g/mol. The maximum Gasteiger partial charge on any atom is 0.224 e. The van der Waals surface area contributed by atoms with Gasteiger partial charge in [0.15, 0.2) is 0 Å². The number of nitrogens with zero attached hydrogens (tertiary/aromatic N) is 3. The third kappa shape index (κ3) is 1.52. The number of nitrogens with two attached hydrogens (primary N) is 1. The fourth-order valence-electron chi connectivity index (χ4n) is 2.12. The number of aromatic nitrogens is 2. The lowest BCUT2D eigenvalue weighted by Crippen LogP contribution is -2.32. The van der Waals surface area contributed by atoms with E-state index in [1.54, 1.807) is 18.1 Å². The van der Waals surface area contributed by atoms with Crippen LogP contribution in [0.5, 0.6) is 0 Å². The van der Waals surface area contributed by atoms with E-state index in [1.807, 2.05) is 17.7 Å². The molecule has 1 aromatic rings. The zero-order valence-electron chi connectivity index (χ0n) is 9.05. The molecular formula is C10H16N4O. The summed E-state index contributed by atoms with van der Waals surface area (Å²) in [6.07, 6.45) is 4.08. The Morgan fingerprint density at radius 3 is 2.93 bits per heavy atom. The molecule has 2 N–H and O–H groups in total. The van der Waals surface area contributed by atoms with Gasteiger partial charge in [0.25, 0.3) is 0 Å². The van der Waals surface area contributed by atoms with Gasteiger partial charge in [0, 0.05) is 38.4 Å². The highest BCUT2D eigenvalue weighted by Crippen LogP contribution is 2.29. The normalized spacial score (nSPS) is 26.3. The van der Waals surface area contributed by atoms with Gasteiger partial charge in [-0.15, -0.1) is 0 Å². The van der Waals surface area contributed by atoms with Crippen LogP contribution in [0.2, 0.25) is 0 Å². The zero-order valence-corrected chi connectivity index (χ0v) is 9.05. The maximum atomic E-state index is 11.5. The Labute approximate surface area is 88.9 Å². The first kappa shape index (κ1) is 10.2. The van der Waals surface area contributed by atoms with E-state index >= 15 is 0 Å².